The van der Waals surface area contributed by atoms with Crippen LogP contribution in [0.2, 0.25) is 0 Å². The van der Waals surface area contributed by atoms with Crippen LogP contribution in [0.15, 0.2) is 42.0 Å². The van der Waals surface area contributed by atoms with Crippen molar-refractivity contribution in [2.45, 2.75) is 123 Å². The number of benzene rings is 1. The van der Waals surface area contributed by atoms with E-state index < -0.39 is 11.2 Å². The number of hydrogen-bond acceptors (Lipinski definition) is 2. The number of hydrogen-bond donors (Lipinski definition) is 2. The van der Waals surface area contributed by atoms with Crippen LogP contribution in [-0.4, -0.2) is 21.4 Å². The molecule has 3 fully saturated rings. The van der Waals surface area contributed by atoms with Crippen molar-refractivity contribution >= 4 is 0 Å². The minimum absolute atomic E-state index is 0.311. The van der Waals surface area contributed by atoms with Crippen molar-refractivity contribution in [3.05, 3.63) is 47.5 Å². The first-order valence-electron chi connectivity index (χ1n) is 15.2. The zero-order valence-corrected chi connectivity index (χ0v) is 23.7. The van der Waals surface area contributed by atoms with Crippen molar-refractivity contribution in [1.82, 2.24) is 0 Å². The summed E-state index contributed by atoms with van der Waals surface area (Å²) in [5.74, 6) is 3.92. The lowest BCUT2D eigenvalue weighted by Crippen LogP contribution is -2.52. The van der Waals surface area contributed by atoms with Crippen molar-refractivity contribution in [2.75, 3.05) is 0 Å². The lowest BCUT2D eigenvalue weighted by atomic mass is 9.46. The molecule has 4 aliphatic rings. The fraction of sp³-hybridized carbons (Fsp3) is 0.765. The van der Waals surface area contributed by atoms with Crippen molar-refractivity contribution in [1.29, 1.82) is 0 Å². The molecule has 0 aromatic heterocycles. The van der Waals surface area contributed by atoms with Gasteiger partial charge in [-0.2, -0.15) is 0 Å². The molecule has 0 saturated heterocycles. The molecule has 0 unspecified atom stereocenters. The second kappa shape index (κ2) is 9.57. The number of rotatable bonds is 7. The third-order valence-corrected chi connectivity index (χ3v) is 12.2. The summed E-state index contributed by atoms with van der Waals surface area (Å²) in [5, 5.41) is 22.2. The standard InChI is InChI=1S/C34H52O2/c1-6-34(36)21-20-32(4)26(23-34)12-13-27-29-15-14-28(33(29,5)19-17-30(27)32)24(2)16-18-31(3,35)22-25-10-8-7-9-11-25/h7-12,24,27-30,35-36H,6,13-23H2,1-5H3/t24-,27+,28-,29+,30+,31-,32+,33-,34+/m1/s1. The van der Waals surface area contributed by atoms with Gasteiger partial charge in [-0.3, -0.25) is 0 Å². The topological polar surface area (TPSA) is 40.5 Å². The average molecular weight is 493 g/mol. The van der Waals surface area contributed by atoms with Gasteiger partial charge in [-0.25, -0.2) is 0 Å². The predicted octanol–water partition coefficient (Wildman–Crippen LogP) is 8.12. The van der Waals surface area contributed by atoms with Gasteiger partial charge in [0.05, 0.1) is 11.2 Å². The smallest absolute Gasteiger partial charge is 0.0682 e. The van der Waals surface area contributed by atoms with Gasteiger partial charge in [0.25, 0.3) is 0 Å². The zero-order chi connectivity index (χ0) is 25.8. The van der Waals surface area contributed by atoms with Gasteiger partial charge in [0.1, 0.15) is 0 Å². The van der Waals surface area contributed by atoms with E-state index in [9.17, 15) is 10.2 Å². The molecule has 0 radical (unpaired) electrons. The van der Waals surface area contributed by atoms with Crippen LogP contribution in [0.3, 0.4) is 0 Å². The summed E-state index contributed by atoms with van der Waals surface area (Å²) in [6.07, 6.45) is 16.0. The van der Waals surface area contributed by atoms with Crippen LogP contribution in [0.1, 0.15) is 111 Å². The summed E-state index contributed by atoms with van der Waals surface area (Å²) in [5.41, 5.74) is 2.49. The molecule has 0 bridgehead atoms. The van der Waals surface area contributed by atoms with E-state index in [1.54, 1.807) is 5.57 Å². The van der Waals surface area contributed by atoms with E-state index in [1.165, 1.54) is 44.1 Å². The molecule has 2 nitrogen and oxygen atoms in total. The molecule has 200 valence electrons. The molecule has 36 heavy (non-hydrogen) atoms. The lowest BCUT2D eigenvalue weighted by Gasteiger charge is -2.59. The molecule has 2 heteroatoms. The molecule has 1 aromatic carbocycles. The maximum absolute atomic E-state index is 11.2. The van der Waals surface area contributed by atoms with E-state index in [0.29, 0.717) is 16.7 Å². The van der Waals surface area contributed by atoms with Gasteiger partial charge < -0.3 is 10.2 Å². The molecule has 0 spiro atoms. The Morgan fingerprint density at radius 3 is 2.50 bits per heavy atom. The highest BCUT2D eigenvalue weighted by Crippen LogP contribution is 2.67. The first-order valence-corrected chi connectivity index (χ1v) is 15.2. The monoisotopic (exact) mass is 492 g/mol. The van der Waals surface area contributed by atoms with E-state index in [2.05, 4.69) is 64.1 Å². The Bertz CT molecular complexity index is 949. The van der Waals surface area contributed by atoms with Gasteiger partial charge in [-0.05, 0) is 124 Å². The summed E-state index contributed by atoms with van der Waals surface area (Å²) in [6.45, 7) is 11.9. The highest BCUT2D eigenvalue weighted by atomic mass is 16.3. The Hall–Kier alpha value is -1.12. The fourth-order valence-electron chi connectivity index (χ4n) is 9.85. The number of fused-ring (bicyclic) bond motifs is 5. The Morgan fingerprint density at radius 2 is 1.78 bits per heavy atom. The van der Waals surface area contributed by atoms with E-state index >= 15 is 0 Å². The van der Waals surface area contributed by atoms with Crippen molar-refractivity contribution in [3.8, 4) is 0 Å². The molecule has 2 N–H and O–H groups in total. The Labute approximate surface area is 221 Å². The quantitative estimate of drug-likeness (QED) is 0.377. The van der Waals surface area contributed by atoms with E-state index in [0.717, 1.165) is 62.2 Å². The summed E-state index contributed by atoms with van der Waals surface area (Å²) in [4.78, 5) is 0. The van der Waals surface area contributed by atoms with Crippen LogP contribution >= 0.6 is 0 Å². The average Bonchev–Trinajstić information content (AvgIpc) is 3.21. The molecular weight excluding hydrogens is 440 g/mol. The summed E-state index contributed by atoms with van der Waals surface area (Å²) >= 11 is 0. The van der Waals surface area contributed by atoms with Crippen LogP contribution in [0.25, 0.3) is 0 Å². The predicted molar refractivity (Wildman–Crippen MR) is 150 cm³/mol. The van der Waals surface area contributed by atoms with Crippen LogP contribution in [0, 0.1) is 40.4 Å². The highest BCUT2D eigenvalue weighted by Gasteiger charge is 2.59. The number of aliphatic hydroxyl groups is 2. The van der Waals surface area contributed by atoms with Gasteiger partial charge >= 0.3 is 0 Å². The minimum atomic E-state index is -0.632. The first kappa shape index (κ1) is 26.5. The molecule has 0 aliphatic heterocycles. The highest BCUT2D eigenvalue weighted by molar-refractivity contribution is 5.27. The van der Waals surface area contributed by atoms with Crippen LogP contribution in [0.4, 0.5) is 0 Å². The Balaban J connectivity index is 1.26. The van der Waals surface area contributed by atoms with Crippen LogP contribution in [0.5, 0.6) is 0 Å². The fourth-order valence-corrected chi connectivity index (χ4v) is 9.85. The largest absolute Gasteiger partial charge is 0.390 e. The zero-order valence-electron chi connectivity index (χ0n) is 23.7. The second-order valence-corrected chi connectivity index (χ2v) is 14.4. The SMILES string of the molecule is CC[C@]1(O)CC[C@@]2(C)C(=CC[C@H]3[C@@H]4CC[C@H]([C@H](C)CC[C@@](C)(O)Cc5ccccc5)[C@@]4(C)CC[C@@H]32)C1. The molecule has 3 saturated carbocycles. The summed E-state index contributed by atoms with van der Waals surface area (Å²) < 4.78 is 0. The van der Waals surface area contributed by atoms with E-state index in [-0.39, 0.29) is 0 Å². The number of allylic oxidation sites excluding steroid dienone is 1. The maximum atomic E-state index is 11.2. The van der Waals surface area contributed by atoms with Gasteiger partial charge in [0.15, 0.2) is 0 Å². The van der Waals surface area contributed by atoms with Crippen LogP contribution < -0.4 is 0 Å². The third kappa shape index (κ3) is 4.64. The summed E-state index contributed by atoms with van der Waals surface area (Å²) in [6, 6.07) is 10.5. The molecule has 0 heterocycles. The molecule has 9 atom stereocenters. The van der Waals surface area contributed by atoms with Crippen LogP contribution in [-0.2, 0) is 6.42 Å². The second-order valence-electron chi connectivity index (χ2n) is 14.4. The molecule has 1 aromatic rings. The molecular formula is C34H52O2. The normalized spacial score (nSPS) is 42.5. The van der Waals surface area contributed by atoms with Crippen molar-refractivity contribution in [3.63, 3.8) is 0 Å². The van der Waals surface area contributed by atoms with Gasteiger partial charge in [-0.1, -0.05) is 69.7 Å². The minimum Gasteiger partial charge on any atom is -0.390 e. The maximum Gasteiger partial charge on any atom is 0.0682 e. The molecule has 0 amide bonds. The van der Waals surface area contributed by atoms with E-state index in [4.69, 9.17) is 0 Å². The van der Waals surface area contributed by atoms with Crippen molar-refractivity contribution in [2.24, 2.45) is 40.4 Å². The Kier molecular flexibility index (Phi) is 7.04. The summed E-state index contributed by atoms with van der Waals surface area (Å²) in [7, 11) is 0. The molecule has 5 rings (SSSR count). The lowest BCUT2D eigenvalue weighted by molar-refractivity contribution is -0.0762. The third-order valence-electron chi connectivity index (χ3n) is 12.2. The van der Waals surface area contributed by atoms with Gasteiger partial charge in [0.2, 0.25) is 0 Å². The first-order chi connectivity index (χ1) is 17.0. The Morgan fingerprint density at radius 1 is 1.03 bits per heavy atom. The van der Waals surface area contributed by atoms with Gasteiger partial charge in [-0.15, -0.1) is 0 Å². The molecule has 4 aliphatic carbocycles. The van der Waals surface area contributed by atoms with Gasteiger partial charge in [0, 0.05) is 6.42 Å². The van der Waals surface area contributed by atoms with Crippen molar-refractivity contribution < 1.29 is 10.2 Å². The van der Waals surface area contributed by atoms with E-state index in [1.807, 2.05) is 6.92 Å².